The smallest absolute Gasteiger partial charge is 0.352 e. The Hall–Kier alpha value is -6.94. The van der Waals surface area contributed by atoms with Crippen molar-refractivity contribution in [1.82, 2.24) is 24.1 Å². The molecule has 0 aliphatic heterocycles. The maximum atomic E-state index is 5.12. The predicted molar refractivity (Wildman–Crippen MR) is 230 cm³/mol. The second kappa shape index (κ2) is 13.1. The number of hydrogen-bond donors (Lipinski definition) is 0. The van der Waals surface area contributed by atoms with E-state index in [1.807, 2.05) is 24.5 Å². The van der Waals surface area contributed by atoms with Gasteiger partial charge in [0.05, 0.1) is 11.0 Å². The molecule has 4 heterocycles. The van der Waals surface area contributed by atoms with Gasteiger partial charge in [0.25, 0.3) is 0 Å². The van der Waals surface area contributed by atoms with Crippen molar-refractivity contribution >= 4 is 76.2 Å². The summed E-state index contributed by atoms with van der Waals surface area (Å²) in [4.78, 5) is 14.8. The third-order valence-corrected chi connectivity index (χ3v) is 11.1. The fourth-order valence-corrected chi connectivity index (χ4v) is 8.45. The van der Waals surface area contributed by atoms with E-state index in [1.54, 1.807) is 0 Å². The van der Waals surface area contributed by atoms with Crippen LogP contribution in [0, 0.1) is 12.1 Å². The Kier molecular flexibility index (Phi) is 7.67. The van der Waals surface area contributed by atoms with Gasteiger partial charge in [0, 0.05) is 29.1 Å². The molecule has 5 nitrogen and oxygen atoms in total. The SMILES string of the molecule is [Pt+2].[c-]1c(-c2cnc3cc4ccccc4cc3n2)ccc2c3cc4ccccc4cc3n(-c3[c-]c4c(cc3)c3cc(-c5ccccc5)ccc3n4-c3ccccn3)c12. The summed E-state index contributed by atoms with van der Waals surface area (Å²) in [6.07, 6.45) is 3.71. The van der Waals surface area contributed by atoms with Crippen LogP contribution in [0.5, 0.6) is 0 Å². The largest absolute Gasteiger partial charge is 2.00 e. The standard InChI is InChI=1S/C51H29N5.Pt/c1-2-10-32(11-3-1)37-18-22-47-42(25-37)41-21-19-39(30-50(41)56(47)51-16-8-9-23-52-51)55-48-29-38(17-20-40(48)43-24-33-12-4-7-15-36(33)28-49(43)55)46-31-53-44-26-34-13-5-6-14-35(34)27-45(44)54-46;/h1-28,31H;/q-2;+2. The van der Waals surface area contributed by atoms with Crippen molar-refractivity contribution in [2.45, 2.75) is 0 Å². The molecule has 0 N–H and O–H groups in total. The van der Waals surface area contributed by atoms with Gasteiger partial charge < -0.3 is 9.13 Å². The number of nitrogens with zero attached hydrogens (tertiary/aromatic N) is 5. The van der Waals surface area contributed by atoms with Crippen molar-refractivity contribution in [1.29, 1.82) is 0 Å². The van der Waals surface area contributed by atoms with Crippen LogP contribution in [-0.4, -0.2) is 24.1 Å². The zero-order valence-corrected chi connectivity index (χ0v) is 32.6. The number of aromatic nitrogens is 5. The molecule has 4 aromatic heterocycles. The topological polar surface area (TPSA) is 48.5 Å². The van der Waals surface area contributed by atoms with Gasteiger partial charge in [-0.1, -0.05) is 120 Å². The molecule has 12 rings (SSSR count). The molecule has 0 saturated carbocycles. The van der Waals surface area contributed by atoms with E-state index < -0.39 is 0 Å². The zero-order chi connectivity index (χ0) is 36.7. The monoisotopic (exact) mass is 906 g/mol. The van der Waals surface area contributed by atoms with Crippen LogP contribution >= 0.6 is 0 Å². The van der Waals surface area contributed by atoms with Crippen LogP contribution in [0.2, 0.25) is 0 Å². The van der Waals surface area contributed by atoms with E-state index in [9.17, 15) is 0 Å². The van der Waals surface area contributed by atoms with E-state index in [-0.39, 0.29) is 21.1 Å². The molecule has 57 heavy (non-hydrogen) atoms. The Bertz CT molecular complexity index is 3530. The van der Waals surface area contributed by atoms with E-state index in [0.29, 0.717) is 0 Å². The molecule has 0 bridgehead atoms. The van der Waals surface area contributed by atoms with Crippen LogP contribution in [-0.2, 0) is 21.1 Å². The molecule has 0 unspecified atom stereocenters. The minimum absolute atomic E-state index is 0. The summed E-state index contributed by atoms with van der Waals surface area (Å²) in [5.74, 6) is 0.845. The molecule has 12 aromatic rings. The van der Waals surface area contributed by atoms with Crippen molar-refractivity contribution < 1.29 is 21.1 Å². The molecule has 0 amide bonds. The first-order chi connectivity index (χ1) is 27.7. The summed E-state index contributed by atoms with van der Waals surface area (Å²) in [6, 6.07) is 65.5. The summed E-state index contributed by atoms with van der Waals surface area (Å²) in [5.41, 5.74) is 10.7. The average molecular weight is 907 g/mol. The van der Waals surface area contributed by atoms with Gasteiger partial charge in [-0.2, -0.15) is 6.07 Å². The molecule has 0 aliphatic carbocycles. The van der Waals surface area contributed by atoms with Crippen molar-refractivity contribution in [3.8, 4) is 33.9 Å². The van der Waals surface area contributed by atoms with Gasteiger partial charge in [-0.25, -0.2) is 4.98 Å². The maximum Gasteiger partial charge on any atom is 2.00 e. The van der Waals surface area contributed by atoms with Crippen molar-refractivity contribution in [2.75, 3.05) is 0 Å². The summed E-state index contributed by atoms with van der Waals surface area (Å²) >= 11 is 0. The quantitative estimate of drug-likeness (QED) is 0.131. The first-order valence-electron chi connectivity index (χ1n) is 18.8. The average Bonchev–Trinajstić information content (AvgIpc) is 3.76. The minimum Gasteiger partial charge on any atom is -0.352 e. The van der Waals surface area contributed by atoms with Gasteiger partial charge in [-0.05, 0) is 85.4 Å². The van der Waals surface area contributed by atoms with Gasteiger partial charge >= 0.3 is 21.1 Å². The molecule has 0 spiro atoms. The fraction of sp³-hybridized carbons (Fsp3) is 0. The molecule has 268 valence electrons. The normalized spacial score (nSPS) is 11.7. The molecule has 6 heteroatoms. The first-order valence-corrected chi connectivity index (χ1v) is 18.8. The van der Waals surface area contributed by atoms with Crippen molar-refractivity contribution in [2.24, 2.45) is 0 Å². The third kappa shape index (κ3) is 5.31. The Morgan fingerprint density at radius 1 is 0.439 bits per heavy atom. The molecule has 8 aromatic carbocycles. The molecular weight excluding hydrogens is 878 g/mol. The number of benzene rings is 8. The van der Waals surface area contributed by atoms with Crippen LogP contribution in [0.4, 0.5) is 0 Å². The van der Waals surface area contributed by atoms with Crippen LogP contribution in [0.25, 0.3) is 110 Å². The van der Waals surface area contributed by atoms with Crippen molar-refractivity contribution in [3.63, 3.8) is 0 Å². The van der Waals surface area contributed by atoms with E-state index >= 15 is 0 Å². The molecule has 0 saturated heterocycles. The van der Waals surface area contributed by atoms with Crippen LogP contribution < -0.4 is 0 Å². The Morgan fingerprint density at radius 2 is 1.11 bits per heavy atom. The van der Waals surface area contributed by atoms with E-state index in [2.05, 4.69) is 173 Å². The van der Waals surface area contributed by atoms with Crippen LogP contribution in [0.3, 0.4) is 0 Å². The first kappa shape index (κ1) is 33.4. The Labute approximate surface area is 341 Å². The predicted octanol–water partition coefficient (Wildman–Crippen LogP) is 12.5. The Balaban J connectivity index is 0.00000374. The summed E-state index contributed by atoms with van der Waals surface area (Å²) in [7, 11) is 0. The zero-order valence-electron chi connectivity index (χ0n) is 30.3. The molecule has 0 radical (unpaired) electrons. The summed E-state index contributed by atoms with van der Waals surface area (Å²) < 4.78 is 4.54. The summed E-state index contributed by atoms with van der Waals surface area (Å²) in [6.45, 7) is 0. The van der Waals surface area contributed by atoms with Gasteiger partial charge in [0.1, 0.15) is 5.82 Å². The van der Waals surface area contributed by atoms with Gasteiger partial charge in [0.2, 0.25) is 0 Å². The van der Waals surface area contributed by atoms with Crippen LogP contribution in [0.15, 0.2) is 176 Å². The number of rotatable bonds is 4. The van der Waals surface area contributed by atoms with E-state index in [0.717, 1.165) is 88.2 Å². The second-order valence-corrected chi connectivity index (χ2v) is 14.4. The van der Waals surface area contributed by atoms with Crippen molar-refractivity contribution in [3.05, 3.63) is 188 Å². The molecular formula is C51H29N5Pt. The maximum absolute atomic E-state index is 5.12. The van der Waals surface area contributed by atoms with Crippen LogP contribution in [0.1, 0.15) is 0 Å². The minimum atomic E-state index is 0. The molecule has 0 aliphatic rings. The second-order valence-electron chi connectivity index (χ2n) is 14.4. The number of fused-ring (bicyclic) bond motifs is 9. The van der Waals surface area contributed by atoms with Gasteiger partial charge in [-0.15, -0.1) is 41.3 Å². The van der Waals surface area contributed by atoms with Gasteiger partial charge in [-0.3, -0.25) is 9.97 Å². The van der Waals surface area contributed by atoms with E-state index in [4.69, 9.17) is 15.0 Å². The molecule has 0 atom stereocenters. The third-order valence-electron chi connectivity index (χ3n) is 11.1. The molecule has 0 fully saturated rings. The van der Waals surface area contributed by atoms with Gasteiger partial charge in [0.15, 0.2) is 0 Å². The number of pyridine rings is 1. The Morgan fingerprint density at radius 3 is 1.88 bits per heavy atom. The summed E-state index contributed by atoms with van der Waals surface area (Å²) in [5, 5.41) is 9.20. The van der Waals surface area contributed by atoms with E-state index in [1.165, 1.54) is 21.9 Å². The number of hydrogen-bond acceptors (Lipinski definition) is 3. The fourth-order valence-electron chi connectivity index (χ4n) is 8.45.